The van der Waals surface area contributed by atoms with E-state index in [1.807, 2.05) is 88.4 Å². The molecule has 0 aromatic heterocycles. The summed E-state index contributed by atoms with van der Waals surface area (Å²) in [5.74, 6) is -1.62. The van der Waals surface area contributed by atoms with Crippen LogP contribution in [0.4, 0.5) is 0 Å². The summed E-state index contributed by atoms with van der Waals surface area (Å²) >= 11 is 0. The normalized spacial score (nSPS) is 14.5. The van der Waals surface area contributed by atoms with Crippen LogP contribution in [-0.4, -0.2) is 60.0 Å². The molecule has 0 aliphatic rings. The van der Waals surface area contributed by atoms with Crippen molar-refractivity contribution in [3.05, 3.63) is 83.4 Å². The number of amides is 2. The molecule has 3 N–H and O–H groups in total. The number of benzene rings is 2. The number of nitrogens with zero attached hydrogens (tertiary/aromatic N) is 1. The number of carboxylic acid groups (broad SMARTS) is 1. The highest BCUT2D eigenvalue weighted by Gasteiger charge is 2.38. The molecule has 200 valence electrons. The summed E-state index contributed by atoms with van der Waals surface area (Å²) < 4.78 is 0. The first kappa shape index (κ1) is 29.8. The lowest BCUT2D eigenvalue weighted by Gasteiger charge is -2.36. The van der Waals surface area contributed by atoms with E-state index in [-0.39, 0.29) is 23.3 Å². The topological polar surface area (TPSA) is 98.7 Å². The Morgan fingerprint density at radius 1 is 1.00 bits per heavy atom. The van der Waals surface area contributed by atoms with Crippen molar-refractivity contribution in [3.8, 4) is 0 Å². The molecule has 0 bridgehead atoms. The summed E-state index contributed by atoms with van der Waals surface area (Å²) in [6, 6.07) is 17.5. The van der Waals surface area contributed by atoms with Crippen LogP contribution in [0.5, 0.6) is 0 Å². The molecule has 0 heterocycles. The number of carbonyl (C=O) groups is 3. The van der Waals surface area contributed by atoms with Gasteiger partial charge >= 0.3 is 5.97 Å². The van der Waals surface area contributed by atoms with Crippen molar-refractivity contribution in [2.75, 3.05) is 14.1 Å². The van der Waals surface area contributed by atoms with Crippen LogP contribution in [0.25, 0.3) is 0 Å². The van der Waals surface area contributed by atoms with Crippen molar-refractivity contribution in [2.24, 2.45) is 5.92 Å². The molecule has 2 aromatic rings. The van der Waals surface area contributed by atoms with Gasteiger partial charge in [0.2, 0.25) is 11.8 Å². The van der Waals surface area contributed by atoms with Crippen LogP contribution in [0, 0.1) is 5.92 Å². The first-order chi connectivity index (χ1) is 17.4. The zero-order valence-electron chi connectivity index (χ0n) is 23.0. The molecule has 0 aliphatic carbocycles. The van der Waals surface area contributed by atoms with E-state index in [0.29, 0.717) is 6.42 Å². The Morgan fingerprint density at radius 2 is 1.54 bits per heavy atom. The van der Waals surface area contributed by atoms with Gasteiger partial charge in [0.05, 0.1) is 12.1 Å². The van der Waals surface area contributed by atoms with Crippen LogP contribution >= 0.6 is 0 Å². The second-order valence-corrected chi connectivity index (χ2v) is 10.4. The van der Waals surface area contributed by atoms with Crippen molar-refractivity contribution >= 4 is 17.8 Å². The predicted molar refractivity (Wildman–Crippen MR) is 147 cm³/mol. The summed E-state index contributed by atoms with van der Waals surface area (Å²) in [5, 5.41) is 15.5. The molecule has 0 unspecified atom stereocenters. The molecule has 7 nitrogen and oxygen atoms in total. The Morgan fingerprint density at radius 3 is 2.03 bits per heavy atom. The van der Waals surface area contributed by atoms with Gasteiger partial charge in [-0.2, -0.15) is 0 Å². The van der Waals surface area contributed by atoms with E-state index in [1.165, 1.54) is 6.92 Å². The van der Waals surface area contributed by atoms with E-state index in [1.54, 1.807) is 25.1 Å². The third kappa shape index (κ3) is 7.76. The maximum absolute atomic E-state index is 13.8. The van der Waals surface area contributed by atoms with Gasteiger partial charge in [-0.25, -0.2) is 4.79 Å². The lowest BCUT2D eigenvalue weighted by atomic mass is 9.77. The van der Waals surface area contributed by atoms with Crippen molar-refractivity contribution in [2.45, 2.75) is 64.6 Å². The standard InChI is InChI=1S/C30H41N3O4/c1-20(2)25(18-21(3)29(36)37)33(7)28(35)24(19-22-14-10-8-11-15-22)32-27(34)26(31-6)30(4,5)23-16-12-9-13-17-23/h8-18,20,24-26,31H,19H2,1-7H3,(H,32,34)(H,36,37)/b21-18+/t24-,25-,26+/m0/s1. The van der Waals surface area contributed by atoms with Gasteiger partial charge in [-0.15, -0.1) is 0 Å². The van der Waals surface area contributed by atoms with Gasteiger partial charge in [-0.1, -0.05) is 94.4 Å². The molecule has 0 saturated heterocycles. The summed E-state index contributed by atoms with van der Waals surface area (Å²) in [7, 11) is 3.40. The highest BCUT2D eigenvalue weighted by atomic mass is 16.4. The van der Waals surface area contributed by atoms with Gasteiger partial charge in [0.25, 0.3) is 0 Å². The van der Waals surface area contributed by atoms with Crippen molar-refractivity contribution in [1.29, 1.82) is 0 Å². The summed E-state index contributed by atoms with van der Waals surface area (Å²) in [6.45, 7) is 9.38. The van der Waals surface area contributed by atoms with Gasteiger partial charge in [-0.05, 0) is 31.0 Å². The molecule has 2 aromatic carbocycles. The summed E-state index contributed by atoms with van der Waals surface area (Å²) in [5.41, 5.74) is 1.54. The molecule has 0 saturated carbocycles. The van der Waals surface area contributed by atoms with E-state index in [4.69, 9.17) is 0 Å². The zero-order valence-corrected chi connectivity index (χ0v) is 23.0. The third-order valence-electron chi connectivity index (χ3n) is 6.92. The maximum Gasteiger partial charge on any atom is 0.331 e. The molecule has 7 heteroatoms. The number of likely N-dealkylation sites (N-methyl/N-ethyl adjacent to an activating group) is 2. The van der Waals surface area contributed by atoms with Gasteiger partial charge in [0, 0.05) is 24.5 Å². The minimum absolute atomic E-state index is 0.0293. The predicted octanol–water partition coefficient (Wildman–Crippen LogP) is 3.79. The number of carboxylic acids is 1. The number of nitrogens with one attached hydrogen (secondary N) is 2. The van der Waals surface area contributed by atoms with Gasteiger partial charge < -0.3 is 20.6 Å². The van der Waals surface area contributed by atoms with E-state index >= 15 is 0 Å². The summed E-state index contributed by atoms with van der Waals surface area (Å²) in [6.07, 6.45) is 1.91. The Balaban J connectivity index is 2.40. The van der Waals surface area contributed by atoms with Gasteiger partial charge in [0.1, 0.15) is 6.04 Å². The van der Waals surface area contributed by atoms with Crippen LogP contribution < -0.4 is 10.6 Å². The maximum atomic E-state index is 13.8. The smallest absolute Gasteiger partial charge is 0.331 e. The minimum atomic E-state index is -1.03. The molecule has 2 amide bonds. The molecule has 3 atom stereocenters. The van der Waals surface area contributed by atoms with Crippen LogP contribution in [0.15, 0.2) is 72.3 Å². The third-order valence-corrected chi connectivity index (χ3v) is 6.92. The monoisotopic (exact) mass is 507 g/mol. The molecule has 0 spiro atoms. The Hall–Kier alpha value is -3.45. The Bertz CT molecular complexity index is 1080. The van der Waals surface area contributed by atoms with Crippen LogP contribution in [0.3, 0.4) is 0 Å². The number of hydrogen-bond acceptors (Lipinski definition) is 4. The van der Waals surface area contributed by atoms with Crippen molar-refractivity contribution in [1.82, 2.24) is 15.5 Å². The fourth-order valence-corrected chi connectivity index (χ4v) is 4.63. The van der Waals surface area contributed by atoms with Gasteiger partial charge in [0.15, 0.2) is 0 Å². The lowest BCUT2D eigenvalue weighted by Crippen LogP contribution is -2.59. The van der Waals surface area contributed by atoms with E-state index in [0.717, 1.165) is 11.1 Å². The SMILES string of the molecule is CN[C@H](C(=O)N[C@@H](Cc1ccccc1)C(=O)N(C)[C@@H](/C=C(\C)C(=O)O)C(C)C)C(C)(C)c1ccccc1. The fourth-order valence-electron chi connectivity index (χ4n) is 4.63. The Kier molecular flexibility index (Phi) is 10.6. The first-order valence-electron chi connectivity index (χ1n) is 12.7. The van der Waals surface area contributed by atoms with Crippen LogP contribution in [0.1, 0.15) is 45.7 Å². The fraction of sp³-hybridized carbons (Fsp3) is 0.433. The number of carbonyl (C=O) groups excluding carboxylic acids is 2. The zero-order chi connectivity index (χ0) is 27.8. The highest BCUT2D eigenvalue weighted by molar-refractivity contribution is 5.91. The molecule has 2 rings (SSSR count). The molecule has 0 radical (unpaired) electrons. The first-order valence-corrected chi connectivity index (χ1v) is 12.7. The van der Waals surface area contributed by atoms with Crippen molar-refractivity contribution < 1.29 is 19.5 Å². The largest absolute Gasteiger partial charge is 0.478 e. The highest BCUT2D eigenvalue weighted by Crippen LogP contribution is 2.27. The molecular weight excluding hydrogens is 466 g/mol. The molecular formula is C30H41N3O4. The van der Waals surface area contributed by atoms with E-state index < -0.39 is 29.5 Å². The minimum Gasteiger partial charge on any atom is -0.478 e. The average molecular weight is 508 g/mol. The van der Waals surface area contributed by atoms with Crippen LogP contribution in [0.2, 0.25) is 0 Å². The average Bonchev–Trinajstić information content (AvgIpc) is 2.87. The second-order valence-electron chi connectivity index (χ2n) is 10.4. The number of aliphatic carboxylic acids is 1. The molecule has 0 aliphatic heterocycles. The number of hydrogen-bond donors (Lipinski definition) is 3. The van der Waals surface area contributed by atoms with E-state index in [9.17, 15) is 19.5 Å². The number of rotatable bonds is 12. The van der Waals surface area contributed by atoms with E-state index in [2.05, 4.69) is 10.6 Å². The summed E-state index contributed by atoms with van der Waals surface area (Å²) in [4.78, 5) is 40.5. The van der Waals surface area contributed by atoms with Crippen molar-refractivity contribution in [3.63, 3.8) is 0 Å². The van der Waals surface area contributed by atoms with Gasteiger partial charge in [-0.3, -0.25) is 9.59 Å². The lowest BCUT2D eigenvalue weighted by molar-refractivity contribution is -0.138. The molecule has 0 fully saturated rings. The second kappa shape index (κ2) is 13.2. The van der Waals surface area contributed by atoms with Crippen LogP contribution in [-0.2, 0) is 26.2 Å². The molecule has 37 heavy (non-hydrogen) atoms. The quantitative estimate of drug-likeness (QED) is 0.380. The Labute approximate surface area is 221 Å².